The molecule has 0 atom stereocenters. The molecule has 3 heteroatoms. The van der Waals surface area contributed by atoms with Gasteiger partial charge in [-0.3, -0.25) is 0 Å². The fourth-order valence-corrected chi connectivity index (χ4v) is 1.10. The molecule has 0 aliphatic rings. The van der Waals surface area contributed by atoms with Crippen LogP contribution in [0.3, 0.4) is 0 Å². The lowest BCUT2D eigenvalue weighted by molar-refractivity contribution is 0.986. The highest BCUT2D eigenvalue weighted by atomic mass is 32.2. The normalized spacial score (nSPS) is 10.2. The lowest BCUT2D eigenvalue weighted by Gasteiger charge is -1.86. The molecule has 0 amide bonds. The van der Waals surface area contributed by atoms with Crippen LogP contribution in [0.1, 0.15) is 18.4 Å². The summed E-state index contributed by atoms with van der Waals surface area (Å²) in [5.41, 5.74) is 1.03. The quantitative estimate of drug-likeness (QED) is 0.721. The molecule has 1 radical (unpaired) electrons. The molecule has 0 fully saturated rings. The van der Waals surface area contributed by atoms with Crippen LogP contribution >= 0.6 is 11.8 Å². The summed E-state index contributed by atoms with van der Waals surface area (Å²) in [5, 5.41) is 0. The molecule has 1 N–H and O–H groups in total. The van der Waals surface area contributed by atoms with Gasteiger partial charge in [-0.15, -0.1) is 0 Å². The number of hydrogen-bond donors (Lipinski definition) is 1. The maximum absolute atomic E-state index is 4.29. The van der Waals surface area contributed by atoms with Gasteiger partial charge in [0.2, 0.25) is 0 Å². The summed E-state index contributed by atoms with van der Waals surface area (Å²) in [6.45, 7) is 2.09. The molecule has 0 bridgehead atoms. The van der Waals surface area contributed by atoms with Crippen LogP contribution < -0.4 is 0 Å². The van der Waals surface area contributed by atoms with Crippen molar-refractivity contribution in [3.63, 3.8) is 0 Å². The molecule has 0 aromatic carbocycles. The Morgan fingerprint density at radius 3 is 3.10 bits per heavy atom. The Morgan fingerprint density at radius 1 is 1.80 bits per heavy atom. The molecule has 0 unspecified atom stereocenters. The fraction of sp³-hybridized carbons (Fsp3) is 0.429. The highest BCUT2D eigenvalue weighted by Crippen LogP contribution is 2.08. The zero-order chi connectivity index (χ0) is 7.40. The molecule has 1 rings (SSSR count). The molecule has 0 spiro atoms. The van der Waals surface area contributed by atoms with Gasteiger partial charge in [-0.25, -0.2) is 4.98 Å². The summed E-state index contributed by atoms with van der Waals surface area (Å²) < 4.78 is 0. The van der Waals surface area contributed by atoms with Crippen molar-refractivity contribution < 1.29 is 0 Å². The Balaban J connectivity index is 2.59. The predicted molar refractivity (Wildman–Crippen MR) is 44.9 cm³/mol. The first-order valence-corrected chi connectivity index (χ1v) is 4.56. The number of aryl methyl sites for hydroxylation is 1. The molecular weight excluding hydrogens is 144 g/mol. The number of thioether (sulfide) groups is 1. The zero-order valence-corrected chi connectivity index (χ0v) is 7.03. The standard InChI is InChI=1S/C7H11N2S/c1-3-7-8-4-6(9-7)5-10-2/h4-5H,3H2,1-2H3,(H,8,9). The first kappa shape index (κ1) is 7.66. The number of aromatic nitrogens is 2. The van der Waals surface area contributed by atoms with Crippen LogP contribution in [-0.4, -0.2) is 16.2 Å². The summed E-state index contributed by atoms with van der Waals surface area (Å²) in [7, 11) is 0. The van der Waals surface area contributed by atoms with Crippen molar-refractivity contribution in [3.8, 4) is 0 Å². The Hall–Kier alpha value is -0.440. The average molecular weight is 155 g/mol. The molecule has 0 aliphatic heterocycles. The van der Waals surface area contributed by atoms with Crippen LogP contribution in [0, 0.1) is 5.75 Å². The Morgan fingerprint density at radius 2 is 2.60 bits per heavy atom. The van der Waals surface area contributed by atoms with Gasteiger partial charge in [0.1, 0.15) is 5.82 Å². The molecule has 10 heavy (non-hydrogen) atoms. The van der Waals surface area contributed by atoms with Gasteiger partial charge in [0, 0.05) is 12.6 Å². The first-order chi connectivity index (χ1) is 4.86. The van der Waals surface area contributed by atoms with Crippen molar-refractivity contribution in [1.82, 2.24) is 9.97 Å². The van der Waals surface area contributed by atoms with Gasteiger partial charge in [0.25, 0.3) is 0 Å². The van der Waals surface area contributed by atoms with Gasteiger partial charge >= 0.3 is 0 Å². The third-order valence-corrected chi connectivity index (χ3v) is 1.70. The topological polar surface area (TPSA) is 28.7 Å². The summed E-state index contributed by atoms with van der Waals surface area (Å²) in [6.07, 6.45) is 4.93. The number of H-pyrrole nitrogens is 1. The Labute approximate surface area is 65.4 Å². The van der Waals surface area contributed by atoms with E-state index in [1.807, 2.05) is 18.2 Å². The van der Waals surface area contributed by atoms with E-state index in [1.54, 1.807) is 11.8 Å². The second-order valence-corrected chi connectivity index (χ2v) is 2.69. The molecule has 2 nitrogen and oxygen atoms in total. The van der Waals surface area contributed by atoms with Gasteiger partial charge in [0.15, 0.2) is 0 Å². The van der Waals surface area contributed by atoms with Crippen molar-refractivity contribution >= 4 is 11.8 Å². The van der Waals surface area contributed by atoms with Gasteiger partial charge < -0.3 is 4.98 Å². The SMILES string of the molecule is CCc1nc([CH]SC)c[nH]1. The second-order valence-electron chi connectivity index (χ2n) is 1.98. The minimum atomic E-state index is 0.974. The summed E-state index contributed by atoms with van der Waals surface area (Å²) in [4.78, 5) is 7.37. The Bertz CT molecular complexity index is 195. The third-order valence-electron chi connectivity index (χ3n) is 1.22. The highest BCUT2D eigenvalue weighted by molar-refractivity contribution is 8.00. The lowest BCUT2D eigenvalue weighted by atomic mass is 10.5. The molecule has 1 aromatic heterocycles. The van der Waals surface area contributed by atoms with E-state index < -0.39 is 0 Å². The van der Waals surface area contributed by atoms with E-state index in [4.69, 9.17) is 0 Å². The Kier molecular flexibility index (Phi) is 2.81. The maximum atomic E-state index is 4.29. The number of rotatable bonds is 3. The molecule has 0 aliphatic carbocycles. The molecular formula is C7H11N2S. The molecule has 0 saturated carbocycles. The summed E-state index contributed by atoms with van der Waals surface area (Å²) >= 11 is 1.67. The van der Waals surface area contributed by atoms with Gasteiger partial charge in [0.05, 0.1) is 11.4 Å². The van der Waals surface area contributed by atoms with E-state index >= 15 is 0 Å². The maximum Gasteiger partial charge on any atom is 0.106 e. The van der Waals surface area contributed by atoms with E-state index in [9.17, 15) is 0 Å². The first-order valence-electron chi connectivity index (χ1n) is 3.27. The van der Waals surface area contributed by atoms with Crippen molar-refractivity contribution in [3.05, 3.63) is 23.5 Å². The van der Waals surface area contributed by atoms with E-state index in [0.717, 1.165) is 17.9 Å². The molecule has 0 saturated heterocycles. The van der Waals surface area contributed by atoms with Crippen molar-refractivity contribution in [1.29, 1.82) is 0 Å². The van der Waals surface area contributed by atoms with Crippen LogP contribution in [0.15, 0.2) is 6.20 Å². The lowest BCUT2D eigenvalue weighted by Crippen LogP contribution is -1.82. The number of imidazole rings is 1. The monoisotopic (exact) mass is 155 g/mol. The largest absolute Gasteiger partial charge is 0.348 e. The van der Waals surface area contributed by atoms with Crippen molar-refractivity contribution in [2.75, 3.05) is 6.26 Å². The smallest absolute Gasteiger partial charge is 0.106 e. The van der Waals surface area contributed by atoms with Crippen LogP contribution in [0.5, 0.6) is 0 Å². The number of hydrogen-bond acceptors (Lipinski definition) is 2. The summed E-state index contributed by atoms with van der Waals surface area (Å²) in [5.74, 6) is 3.08. The number of nitrogens with zero attached hydrogens (tertiary/aromatic N) is 1. The second kappa shape index (κ2) is 3.66. The van der Waals surface area contributed by atoms with Crippen molar-refractivity contribution in [2.45, 2.75) is 13.3 Å². The van der Waals surface area contributed by atoms with Crippen molar-refractivity contribution in [2.24, 2.45) is 0 Å². The van der Waals surface area contributed by atoms with E-state index in [0.29, 0.717) is 0 Å². The number of nitrogens with one attached hydrogen (secondary N) is 1. The number of aromatic amines is 1. The van der Waals surface area contributed by atoms with E-state index in [2.05, 4.69) is 16.9 Å². The molecule has 1 heterocycles. The molecule has 1 aromatic rings. The van der Waals surface area contributed by atoms with Crippen LogP contribution in [0.4, 0.5) is 0 Å². The zero-order valence-electron chi connectivity index (χ0n) is 6.22. The van der Waals surface area contributed by atoms with Gasteiger partial charge in [-0.2, -0.15) is 11.8 Å². The van der Waals surface area contributed by atoms with E-state index in [-0.39, 0.29) is 0 Å². The third kappa shape index (κ3) is 1.77. The predicted octanol–water partition coefficient (Wildman–Crippen LogP) is 1.84. The minimum absolute atomic E-state index is 0.974. The summed E-state index contributed by atoms with van der Waals surface area (Å²) in [6, 6.07) is 0. The fourth-order valence-electron chi connectivity index (χ4n) is 0.740. The van der Waals surface area contributed by atoms with Crippen LogP contribution in [0.25, 0.3) is 0 Å². The van der Waals surface area contributed by atoms with Crippen LogP contribution in [0.2, 0.25) is 0 Å². The van der Waals surface area contributed by atoms with E-state index in [1.165, 1.54) is 0 Å². The van der Waals surface area contributed by atoms with Crippen LogP contribution in [-0.2, 0) is 6.42 Å². The van der Waals surface area contributed by atoms with Gasteiger partial charge in [-0.1, -0.05) is 6.92 Å². The van der Waals surface area contributed by atoms with Gasteiger partial charge in [-0.05, 0) is 6.26 Å². The highest BCUT2D eigenvalue weighted by Gasteiger charge is 1.96. The average Bonchev–Trinajstić information content (AvgIpc) is 2.37. The molecule has 55 valence electrons. The minimum Gasteiger partial charge on any atom is -0.348 e.